The van der Waals surface area contributed by atoms with E-state index in [0.717, 1.165) is 50.7 Å². The van der Waals surface area contributed by atoms with Crippen LogP contribution in [0.4, 0.5) is 0 Å². The number of hydrogen-bond donors (Lipinski definition) is 0. The zero-order chi connectivity index (χ0) is 14.2. The van der Waals surface area contributed by atoms with Crippen molar-refractivity contribution in [2.75, 3.05) is 13.1 Å². The van der Waals surface area contributed by atoms with E-state index in [1.807, 2.05) is 10.9 Å². The SMILES string of the molecule is Clc1cnn(C2CCN(Cc3nnc4n3CCCC4)C2)c1. The number of nitrogens with zero attached hydrogens (tertiary/aromatic N) is 6. The lowest BCUT2D eigenvalue weighted by Crippen LogP contribution is -2.24. The summed E-state index contributed by atoms with van der Waals surface area (Å²) in [6.45, 7) is 4.03. The molecular weight excluding hydrogens is 288 g/mol. The molecular formula is C14H19ClN6. The fourth-order valence-corrected chi connectivity index (χ4v) is 3.52. The summed E-state index contributed by atoms with van der Waals surface area (Å²) in [5, 5.41) is 13.8. The molecule has 1 fully saturated rings. The second kappa shape index (κ2) is 5.42. The maximum atomic E-state index is 5.95. The summed E-state index contributed by atoms with van der Waals surface area (Å²) in [6.07, 6.45) is 8.28. The Bertz CT molecular complexity index is 633. The number of aryl methyl sites for hydroxylation is 1. The summed E-state index contributed by atoms with van der Waals surface area (Å²) < 4.78 is 4.29. The number of fused-ring (bicyclic) bond motifs is 1. The lowest BCUT2D eigenvalue weighted by atomic mass is 10.2. The van der Waals surface area contributed by atoms with Crippen LogP contribution in [0.2, 0.25) is 5.02 Å². The Kier molecular flexibility index (Phi) is 3.43. The fourth-order valence-electron chi connectivity index (χ4n) is 3.37. The van der Waals surface area contributed by atoms with Crippen molar-refractivity contribution in [2.45, 2.75) is 44.8 Å². The second-order valence-electron chi connectivity index (χ2n) is 5.96. The van der Waals surface area contributed by atoms with E-state index in [9.17, 15) is 0 Å². The molecule has 0 bridgehead atoms. The first-order valence-corrected chi connectivity index (χ1v) is 8.00. The summed E-state index contributed by atoms with van der Waals surface area (Å²) in [7, 11) is 0. The van der Waals surface area contributed by atoms with E-state index in [-0.39, 0.29) is 0 Å². The smallest absolute Gasteiger partial charge is 0.147 e. The number of aromatic nitrogens is 5. The van der Waals surface area contributed by atoms with Gasteiger partial charge in [-0.05, 0) is 19.3 Å². The van der Waals surface area contributed by atoms with Crippen LogP contribution in [0.3, 0.4) is 0 Å². The van der Waals surface area contributed by atoms with Crippen LogP contribution in [0.15, 0.2) is 12.4 Å². The Morgan fingerprint density at radius 3 is 3.05 bits per heavy atom. The number of likely N-dealkylation sites (tertiary alicyclic amines) is 1. The van der Waals surface area contributed by atoms with Gasteiger partial charge in [-0.25, -0.2) is 0 Å². The third-order valence-electron chi connectivity index (χ3n) is 4.49. The molecule has 1 unspecified atom stereocenters. The van der Waals surface area contributed by atoms with E-state index in [2.05, 4.69) is 24.8 Å². The Hall–Kier alpha value is -1.40. The van der Waals surface area contributed by atoms with E-state index in [4.69, 9.17) is 11.6 Å². The number of halogens is 1. The standard InChI is InChI=1S/C14H19ClN6/c15-11-7-16-21(8-11)12-4-6-19(9-12)10-14-18-17-13-3-1-2-5-20(13)14/h7-8,12H,1-6,9-10H2. The molecule has 1 atom stereocenters. The van der Waals surface area contributed by atoms with Crippen molar-refractivity contribution < 1.29 is 0 Å². The van der Waals surface area contributed by atoms with E-state index in [0.29, 0.717) is 11.1 Å². The average molecular weight is 307 g/mol. The topological polar surface area (TPSA) is 51.8 Å². The van der Waals surface area contributed by atoms with Crippen molar-refractivity contribution in [2.24, 2.45) is 0 Å². The van der Waals surface area contributed by atoms with Gasteiger partial charge in [0.25, 0.3) is 0 Å². The van der Waals surface area contributed by atoms with Gasteiger partial charge in [-0.3, -0.25) is 9.58 Å². The summed E-state index contributed by atoms with van der Waals surface area (Å²) in [4.78, 5) is 2.44. The van der Waals surface area contributed by atoms with Gasteiger partial charge in [-0.1, -0.05) is 11.6 Å². The van der Waals surface area contributed by atoms with Crippen molar-refractivity contribution in [1.82, 2.24) is 29.4 Å². The quantitative estimate of drug-likeness (QED) is 0.869. The molecule has 112 valence electrons. The predicted octanol–water partition coefficient (Wildman–Crippen LogP) is 1.91. The monoisotopic (exact) mass is 306 g/mol. The highest BCUT2D eigenvalue weighted by molar-refractivity contribution is 6.30. The van der Waals surface area contributed by atoms with Gasteiger partial charge in [0.1, 0.15) is 11.6 Å². The Morgan fingerprint density at radius 2 is 2.19 bits per heavy atom. The van der Waals surface area contributed by atoms with Crippen molar-refractivity contribution in [1.29, 1.82) is 0 Å². The minimum atomic E-state index is 0.418. The molecule has 0 N–H and O–H groups in total. The first-order valence-electron chi connectivity index (χ1n) is 7.62. The van der Waals surface area contributed by atoms with E-state index in [1.54, 1.807) is 6.20 Å². The molecule has 0 radical (unpaired) electrons. The molecule has 0 aliphatic carbocycles. The second-order valence-corrected chi connectivity index (χ2v) is 6.39. The molecule has 4 rings (SSSR count). The molecule has 2 aromatic heterocycles. The van der Waals surface area contributed by atoms with Crippen LogP contribution in [0.25, 0.3) is 0 Å². The van der Waals surface area contributed by atoms with Gasteiger partial charge in [-0.15, -0.1) is 10.2 Å². The van der Waals surface area contributed by atoms with Crippen molar-refractivity contribution in [3.63, 3.8) is 0 Å². The lowest BCUT2D eigenvalue weighted by molar-refractivity contribution is 0.296. The molecule has 6 nitrogen and oxygen atoms in total. The summed E-state index contributed by atoms with van der Waals surface area (Å²) in [5.74, 6) is 2.27. The summed E-state index contributed by atoms with van der Waals surface area (Å²) in [6, 6.07) is 0.418. The van der Waals surface area contributed by atoms with Crippen molar-refractivity contribution in [3.05, 3.63) is 29.1 Å². The predicted molar refractivity (Wildman–Crippen MR) is 79.1 cm³/mol. The lowest BCUT2D eigenvalue weighted by Gasteiger charge is -2.19. The molecule has 0 saturated carbocycles. The van der Waals surface area contributed by atoms with E-state index in [1.165, 1.54) is 12.8 Å². The van der Waals surface area contributed by atoms with E-state index >= 15 is 0 Å². The Labute approximate surface area is 128 Å². The van der Waals surface area contributed by atoms with Gasteiger partial charge in [0.05, 0.1) is 23.8 Å². The number of hydrogen-bond acceptors (Lipinski definition) is 4. The zero-order valence-electron chi connectivity index (χ0n) is 12.0. The summed E-state index contributed by atoms with van der Waals surface area (Å²) in [5.41, 5.74) is 0. The molecule has 21 heavy (non-hydrogen) atoms. The van der Waals surface area contributed by atoms with Gasteiger partial charge in [0.2, 0.25) is 0 Å². The van der Waals surface area contributed by atoms with Crippen LogP contribution >= 0.6 is 11.6 Å². The minimum absolute atomic E-state index is 0.418. The molecule has 1 saturated heterocycles. The van der Waals surface area contributed by atoms with Crippen LogP contribution in [0.5, 0.6) is 0 Å². The zero-order valence-corrected chi connectivity index (χ0v) is 12.7. The van der Waals surface area contributed by atoms with Crippen LogP contribution in [-0.2, 0) is 19.5 Å². The van der Waals surface area contributed by atoms with Gasteiger partial charge < -0.3 is 4.57 Å². The molecule has 2 aliphatic rings. The maximum Gasteiger partial charge on any atom is 0.147 e. The minimum Gasteiger partial charge on any atom is -0.314 e. The molecule has 7 heteroatoms. The van der Waals surface area contributed by atoms with Crippen molar-refractivity contribution in [3.8, 4) is 0 Å². The average Bonchev–Trinajstić information content (AvgIpc) is 3.20. The molecule has 2 aliphatic heterocycles. The molecule has 2 aromatic rings. The first kappa shape index (κ1) is 13.3. The fraction of sp³-hybridized carbons (Fsp3) is 0.643. The largest absolute Gasteiger partial charge is 0.314 e. The van der Waals surface area contributed by atoms with Crippen LogP contribution < -0.4 is 0 Å². The maximum absolute atomic E-state index is 5.95. The summed E-state index contributed by atoms with van der Waals surface area (Å²) >= 11 is 5.95. The number of rotatable bonds is 3. The van der Waals surface area contributed by atoms with Crippen LogP contribution in [0.1, 0.15) is 37.0 Å². The third-order valence-corrected chi connectivity index (χ3v) is 4.69. The van der Waals surface area contributed by atoms with Gasteiger partial charge in [0.15, 0.2) is 0 Å². The molecule has 0 amide bonds. The van der Waals surface area contributed by atoms with E-state index < -0.39 is 0 Å². The van der Waals surface area contributed by atoms with Gasteiger partial charge >= 0.3 is 0 Å². The Morgan fingerprint density at radius 1 is 1.24 bits per heavy atom. The van der Waals surface area contributed by atoms with Gasteiger partial charge in [-0.2, -0.15) is 5.10 Å². The highest BCUT2D eigenvalue weighted by Crippen LogP contribution is 2.24. The first-order chi connectivity index (χ1) is 10.3. The molecule has 0 aromatic carbocycles. The van der Waals surface area contributed by atoms with Crippen LogP contribution in [-0.4, -0.2) is 42.5 Å². The van der Waals surface area contributed by atoms with Gasteiger partial charge in [0, 0.05) is 32.3 Å². The molecule has 4 heterocycles. The highest BCUT2D eigenvalue weighted by Gasteiger charge is 2.26. The third kappa shape index (κ3) is 2.58. The van der Waals surface area contributed by atoms with Crippen LogP contribution in [0, 0.1) is 0 Å². The normalized spacial score (nSPS) is 22.6. The van der Waals surface area contributed by atoms with Crippen molar-refractivity contribution >= 4 is 11.6 Å². The molecule has 0 spiro atoms. The Balaban J connectivity index is 1.43. The highest BCUT2D eigenvalue weighted by atomic mass is 35.5.